The van der Waals surface area contributed by atoms with E-state index < -0.39 is 17.7 Å². The van der Waals surface area contributed by atoms with Crippen molar-refractivity contribution in [2.24, 2.45) is 0 Å². The third kappa shape index (κ3) is 3.27. The average molecular weight is 323 g/mol. The van der Waals surface area contributed by atoms with Gasteiger partial charge in [-0.25, -0.2) is 0 Å². The number of rotatable bonds is 1. The van der Waals surface area contributed by atoms with Crippen LogP contribution in [0.25, 0.3) is 0 Å². The molecule has 0 atom stereocenters. The van der Waals surface area contributed by atoms with Crippen LogP contribution in [0.3, 0.4) is 0 Å². The molecule has 0 aliphatic carbocycles. The fourth-order valence-electron chi connectivity index (χ4n) is 2.68. The molecule has 3 rings (SSSR count). The van der Waals surface area contributed by atoms with Gasteiger partial charge in [-0.15, -0.1) is 0 Å². The summed E-state index contributed by atoms with van der Waals surface area (Å²) >= 11 is 0. The number of hydrogen-bond donors (Lipinski definition) is 2. The first-order valence-electron chi connectivity index (χ1n) is 7.61. The molecule has 1 heterocycles. The van der Waals surface area contributed by atoms with E-state index in [1.807, 2.05) is 24.3 Å². The molecule has 122 valence electrons. The lowest BCUT2D eigenvalue weighted by atomic mass is 10.00. The van der Waals surface area contributed by atoms with Crippen LogP contribution in [0.4, 0.5) is 5.69 Å². The molecule has 0 bridgehead atoms. The van der Waals surface area contributed by atoms with Crippen LogP contribution < -0.4 is 11.1 Å². The average Bonchev–Trinajstić information content (AvgIpc) is 2.61. The third-order valence-corrected chi connectivity index (χ3v) is 4.01. The van der Waals surface area contributed by atoms with Gasteiger partial charge in [-0.1, -0.05) is 24.3 Å². The second-order valence-electron chi connectivity index (χ2n) is 5.65. The number of nitrogens with two attached hydrogens (primary N) is 1. The van der Waals surface area contributed by atoms with Crippen molar-refractivity contribution in [1.29, 1.82) is 0 Å². The standard InChI is InChI=1S/C18H17N3O3/c19-15-7-5-13(6-8-15)16(22)20-17(23)18(24)21-10-9-12-3-1-2-4-14(12)11-21/h1-8H,9-11,19H2,(H,20,22,23). The summed E-state index contributed by atoms with van der Waals surface area (Å²) in [6.45, 7) is 0.831. The first-order chi connectivity index (χ1) is 11.5. The number of amides is 3. The number of benzene rings is 2. The minimum atomic E-state index is -0.920. The van der Waals surface area contributed by atoms with E-state index in [4.69, 9.17) is 5.73 Å². The number of nitrogens with zero attached hydrogens (tertiary/aromatic N) is 1. The molecule has 3 amide bonds. The van der Waals surface area contributed by atoms with Crippen LogP contribution in [0.2, 0.25) is 0 Å². The van der Waals surface area contributed by atoms with Crippen molar-refractivity contribution in [1.82, 2.24) is 10.2 Å². The van der Waals surface area contributed by atoms with Crippen LogP contribution in [0.5, 0.6) is 0 Å². The maximum atomic E-state index is 12.3. The molecule has 0 saturated carbocycles. The summed E-state index contributed by atoms with van der Waals surface area (Å²) in [5, 5.41) is 2.13. The number of carbonyl (C=O) groups excluding carboxylic acids is 3. The van der Waals surface area contributed by atoms with Crippen molar-refractivity contribution >= 4 is 23.4 Å². The second kappa shape index (κ2) is 6.54. The highest BCUT2D eigenvalue weighted by Gasteiger charge is 2.27. The molecule has 24 heavy (non-hydrogen) atoms. The summed E-state index contributed by atoms with van der Waals surface area (Å²) < 4.78 is 0. The summed E-state index contributed by atoms with van der Waals surface area (Å²) in [5.41, 5.74) is 8.54. The normalized spacial score (nSPS) is 13.1. The minimum absolute atomic E-state index is 0.273. The van der Waals surface area contributed by atoms with Crippen molar-refractivity contribution in [3.63, 3.8) is 0 Å². The Bertz CT molecular complexity index is 799. The van der Waals surface area contributed by atoms with Gasteiger partial charge in [-0.2, -0.15) is 0 Å². The van der Waals surface area contributed by atoms with Gasteiger partial charge in [-0.05, 0) is 41.8 Å². The number of carbonyl (C=O) groups is 3. The number of imide groups is 1. The molecule has 2 aromatic carbocycles. The number of hydrogen-bond acceptors (Lipinski definition) is 4. The summed E-state index contributed by atoms with van der Waals surface area (Å²) in [6, 6.07) is 13.9. The number of nitrogens with one attached hydrogen (secondary N) is 1. The zero-order valence-electron chi connectivity index (χ0n) is 13.0. The topological polar surface area (TPSA) is 92.5 Å². The van der Waals surface area contributed by atoms with Crippen LogP contribution >= 0.6 is 0 Å². The molecule has 0 saturated heterocycles. The van der Waals surface area contributed by atoms with Crippen LogP contribution in [0.1, 0.15) is 21.5 Å². The van der Waals surface area contributed by atoms with Crippen molar-refractivity contribution in [2.75, 3.05) is 12.3 Å². The SMILES string of the molecule is Nc1ccc(C(=O)NC(=O)C(=O)N2CCc3ccccc3C2)cc1. The van der Waals surface area contributed by atoms with Crippen LogP contribution in [-0.2, 0) is 22.6 Å². The van der Waals surface area contributed by atoms with E-state index in [0.29, 0.717) is 25.2 Å². The van der Waals surface area contributed by atoms with Gasteiger partial charge in [0.2, 0.25) is 0 Å². The summed E-state index contributed by atoms with van der Waals surface area (Å²) in [7, 11) is 0. The van der Waals surface area contributed by atoms with E-state index in [0.717, 1.165) is 5.56 Å². The highest BCUT2D eigenvalue weighted by molar-refractivity contribution is 6.38. The van der Waals surface area contributed by atoms with Gasteiger partial charge in [-0.3, -0.25) is 19.7 Å². The molecule has 6 heteroatoms. The fraction of sp³-hybridized carbons (Fsp3) is 0.167. The minimum Gasteiger partial charge on any atom is -0.399 e. The first-order valence-corrected chi connectivity index (χ1v) is 7.61. The highest BCUT2D eigenvalue weighted by Crippen LogP contribution is 2.18. The number of fused-ring (bicyclic) bond motifs is 1. The van der Waals surface area contributed by atoms with Gasteiger partial charge >= 0.3 is 11.8 Å². The molecule has 0 aromatic heterocycles. The van der Waals surface area contributed by atoms with Crippen molar-refractivity contribution in [2.45, 2.75) is 13.0 Å². The largest absolute Gasteiger partial charge is 0.399 e. The number of anilines is 1. The monoisotopic (exact) mass is 323 g/mol. The first kappa shape index (κ1) is 15.7. The van der Waals surface area contributed by atoms with Gasteiger partial charge in [0.05, 0.1) is 0 Å². The summed E-state index contributed by atoms with van der Waals surface area (Å²) in [5.74, 6) is -2.24. The molecular formula is C18H17N3O3. The van der Waals surface area contributed by atoms with Crippen molar-refractivity contribution < 1.29 is 14.4 Å². The Kier molecular flexibility index (Phi) is 4.29. The zero-order valence-corrected chi connectivity index (χ0v) is 13.0. The third-order valence-electron chi connectivity index (χ3n) is 4.01. The lowest BCUT2D eigenvalue weighted by Gasteiger charge is -2.28. The Balaban J connectivity index is 1.64. The Morgan fingerprint density at radius 2 is 1.62 bits per heavy atom. The highest BCUT2D eigenvalue weighted by atomic mass is 16.2. The fourth-order valence-corrected chi connectivity index (χ4v) is 2.68. The molecule has 1 aliphatic rings. The Morgan fingerprint density at radius 3 is 2.33 bits per heavy atom. The summed E-state index contributed by atoms with van der Waals surface area (Å²) in [4.78, 5) is 37.8. The molecule has 0 spiro atoms. The smallest absolute Gasteiger partial charge is 0.316 e. The van der Waals surface area contributed by atoms with E-state index in [1.54, 1.807) is 12.1 Å². The van der Waals surface area contributed by atoms with Crippen LogP contribution in [-0.4, -0.2) is 29.2 Å². The number of nitrogen functional groups attached to an aromatic ring is 1. The molecule has 1 aliphatic heterocycles. The zero-order chi connectivity index (χ0) is 17.1. The quantitative estimate of drug-likeness (QED) is 0.607. The lowest BCUT2D eigenvalue weighted by Crippen LogP contribution is -2.46. The van der Waals surface area contributed by atoms with Gasteiger partial charge in [0.25, 0.3) is 5.91 Å². The predicted molar refractivity (Wildman–Crippen MR) is 88.9 cm³/mol. The molecule has 2 aromatic rings. The summed E-state index contributed by atoms with van der Waals surface area (Å²) in [6.07, 6.45) is 0.696. The van der Waals surface area contributed by atoms with Crippen LogP contribution in [0, 0.1) is 0 Å². The Morgan fingerprint density at radius 1 is 0.958 bits per heavy atom. The van der Waals surface area contributed by atoms with Crippen molar-refractivity contribution in [3.8, 4) is 0 Å². The molecule has 0 radical (unpaired) electrons. The van der Waals surface area contributed by atoms with E-state index in [9.17, 15) is 14.4 Å². The Hall–Kier alpha value is -3.15. The maximum Gasteiger partial charge on any atom is 0.316 e. The van der Waals surface area contributed by atoms with Crippen LogP contribution in [0.15, 0.2) is 48.5 Å². The van der Waals surface area contributed by atoms with E-state index in [1.165, 1.54) is 22.6 Å². The van der Waals surface area contributed by atoms with E-state index >= 15 is 0 Å². The predicted octanol–water partition coefficient (Wildman–Crippen LogP) is 1.11. The van der Waals surface area contributed by atoms with Gasteiger partial charge in [0.15, 0.2) is 0 Å². The van der Waals surface area contributed by atoms with Gasteiger partial charge in [0, 0.05) is 24.3 Å². The molecule has 0 fully saturated rings. The maximum absolute atomic E-state index is 12.3. The molecule has 0 unspecified atom stereocenters. The van der Waals surface area contributed by atoms with Gasteiger partial charge in [0.1, 0.15) is 0 Å². The van der Waals surface area contributed by atoms with Gasteiger partial charge < -0.3 is 10.6 Å². The van der Waals surface area contributed by atoms with E-state index in [2.05, 4.69) is 5.32 Å². The Labute approximate surface area is 139 Å². The molecular weight excluding hydrogens is 306 g/mol. The van der Waals surface area contributed by atoms with Crippen molar-refractivity contribution in [3.05, 3.63) is 65.2 Å². The molecule has 3 N–H and O–H groups in total. The van der Waals surface area contributed by atoms with E-state index in [-0.39, 0.29) is 5.56 Å². The second-order valence-corrected chi connectivity index (χ2v) is 5.65. The molecule has 6 nitrogen and oxygen atoms in total. The lowest BCUT2D eigenvalue weighted by molar-refractivity contribution is -0.146.